The molecule has 0 aliphatic rings. The molecular formula is C83H126N6O8. The minimum Gasteiger partial charge on any atom is -0.462 e. The Morgan fingerprint density at radius 1 is 0.361 bits per heavy atom. The van der Waals surface area contributed by atoms with Crippen LogP contribution in [0.4, 0.5) is 22.7 Å². The van der Waals surface area contributed by atoms with Gasteiger partial charge in [0.25, 0.3) is 11.8 Å². The molecule has 0 bridgehead atoms. The summed E-state index contributed by atoms with van der Waals surface area (Å²) in [7, 11) is 0. The average molecular weight is 1340 g/mol. The molecule has 2 amide bonds. The second-order valence-electron chi connectivity index (χ2n) is 27.2. The molecule has 0 fully saturated rings. The van der Waals surface area contributed by atoms with Gasteiger partial charge in [0.1, 0.15) is 0 Å². The van der Waals surface area contributed by atoms with Crippen LogP contribution in [0.1, 0.15) is 323 Å². The van der Waals surface area contributed by atoms with Crippen molar-refractivity contribution in [2.45, 2.75) is 305 Å². The van der Waals surface area contributed by atoms with Crippen LogP contribution in [0.2, 0.25) is 0 Å². The molecule has 536 valence electrons. The maximum absolute atomic E-state index is 13.4. The number of ether oxygens (including phenoxy) is 2. The van der Waals surface area contributed by atoms with E-state index in [2.05, 4.69) is 52.5 Å². The maximum Gasteiger partial charge on any atom is 0.340 e. The Hall–Kier alpha value is -6.96. The molecule has 0 radical (unpaired) electrons. The molecule has 0 aliphatic carbocycles. The first-order valence-corrected chi connectivity index (χ1v) is 38.3. The number of ketones is 2. The average Bonchev–Trinajstić information content (AvgIpc) is 0.936. The number of amides is 2. The van der Waals surface area contributed by atoms with Crippen molar-refractivity contribution in [3.63, 3.8) is 0 Å². The van der Waals surface area contributed by atoms with Crippen LogP contribution < -0.4 is 21.5 Å². The van der Waals surface area contributed by atoms with E-state index in [1.807, 2.05) is 43.3 Å². The summed E-state index contributed by atoms with van der Waals surface area (Å²) in [6, 6.07) is 28.7. The van der Waals surface area contributed by atoms with E-state index in [0.29, 0.717) is 36.0 Å². The van der Waals surface area contributed by atoms with Gasteiger partial charge in [0.2, 0.25) is 0 Å². The number of esters is 2. The summed E-state index contributed by atoms with van der Waals surface area (Å²) in [5.41, 5.74) is 9.61. The standard InChI is InChI=1S/C83H126N6O8/c1-7-10-13-16-19-20-21-24-29-36-47-69-58-62-73(63-59-69)85-81(93)79(68(6)91)89-87-77-55-44-42-53-75(77)83(95)97-65-46-35-28-26-33-40-51-71(49-38-31-23-18-15-12-9-3)70(48-37-30-22-17-14-11-8-2)50-39-32-25-27-34-45-64-96-82(94)74-52-41-43-54-76(74)86-88-78(67(5)90)80(92)84-72-60-56-66(4)57-61-72/h41-44,52-63,70-71,86-87H,7-40,45-51,64-65H2,1-6H3,(H,84,92)(H,85,93)/b88-78-,89-79-. The van der Waals surface area contributed by atoms with Crippen molar-refractivity contribution in [2.24, 2.45) is 22.0 Å². The van der Waals surface area contributed by atoms with Crippen molar-refractivity contribution in [2.75, 3.05) is 34.7 Å². The first kappa shape index (κ1) is 82.5. The molecule has 0 saturated carbocycles. The Labute approximate surface area is 585 Å². The highest BCUT2D eigenvalue weighted by Crippen LogP contribution is 2.34. The van der Waals surface area contributed by atoms with Crippen LogP contribution in [0.15, 0.2) is 107 Å². The summed E-state index contributed by atoms with van der Waals surface area (Å²) in [5, 5.41) is 13.8. The molecule has 4 aromatic carbocycles. The van der Waals surface area contributed by atoms with Crippen molar-refractivity contribution in [3.8, 4) is 0 Å². The number of unbranched alkanes of at least 4 members (excludes halogenated alkanes) is 31. The number of para-hydroxylation sites is 2. The van der Waals surface area contributed by atoms with E-state index in [9.17, 15) is 28.8 Å². The fraction of sp³-hybridized carbons (Fsp3) is 0.614. The van der Waals surface area contributed by atoms with Gasteiger partial charge in [-0.2, -0.15) is 10.2 Å². The van der Waals surface area contributed by atoms with Gasteiger partial charge in [-0.25, -0.2) is 9.59 Å². The van der Waals surface area contributed by atoms with E-state index in [-0.39, 0.29) is 22.6 Å². The first-order chi connectivity index (χ1) is 47.3. The van der Waals surface area contributed by atoms with Crippen molar-refractivity contribution in [1.29, 1.82) is 0 Å². The number of hydrazone groups is 2. The molecule has 2 atom stereocenters. The van der Waals surface area contributed by atoms with E-state index in [1.54, 1.807) is 60.7 Å². The monoisotopic (exact) mass is 1330 g/mol. The number of aryl methyl sites for hydroxylation is 2. The zero-order valence-corrected chi connectivity index (χ0v) is 61.0. The number of nitrogens with one attached hydrogen (secondary N) is 4. The zero-order chi connectivity index (χ0) is 69.8. The van der Waals surface area contributed by atoms with Crippen molar-refractivity contribution in [1.82, 2.24) is 0 Å². The van der Waals surface area contributed by atoms with Gasteiger partial charge >= 0.3 is 11.9 Å². The highest BCUT2D eigenvalue weighted by atomic mass is 16.5. The molecule has 0 saturated heterocycles. The number of carbonyl (C=O) groups excluding carboxylic acids is 6. The summed E-state index contributed by atoms with van der Waals surface area (Å²) < 4.78 is 11.5. The minimum atomic E-state index is -0.648. The molecule has 4 rings (SSSR count). The number of rotatable bonds is 58. The van der Waals surface area contributed by atoms with E-state index in [4.69, 9.17) is 9.47 Å². The topological polar surface area (TPSA) is 194 Å². The molecule has 4 N–H and O–H groups in total. The van der Waals surface area contributed by atoms with Gasteiger partial charge < -0.3 is 20.1 Å². The number of hydrogen-bond acceptors (Lipinski definition) is 12. The lowest BCUT2D eigenvalue weighted by Gasteiger charge is -2.28. The third-order valence-corrected chi connectivity index (χ3v) is 18.7. The van der Waals surface area contributed by atoms with Crippen LogP contribution in [-0.4, -0.2) is 60.0 Å². The third-order valence-electron chi connectivity index (χ3n) is 18.7. The molecule has 0 aliphatic heterocycles. The fourth-order valence-electron chi connectivity index (χ4n) is 12.8. The predicted octanol–water partition coefficient (Wildman–Crippen LogP) is 22.4. The fourth-order valence-corrected chi connectivity index (χ4v) is 12.8. The lowest BCUT2D eigenvalue weighted by molar-refractivity contribution is -0.116. The van der Waals surface area contributed by atoms with Crippen LogP contribution in [0.3, 0.4) is 0 Å². The minimum absolute atomic E-state index is 0.276. The maximum atomic E-state index is 13.4. The molecule has 14 nitrogen and oxygen atoms in total. The Kier molecular flexibility index (Phi) is 45.1. The molecule has 2 unspecified atom stereocenters. The van der Waals surface area contributed by atoms with Gasteiger partial charge in [-0.15, -0.1) is 0 Å². The molecular weight excluding hydrogens is 1210 g/mol. The predicted molar refractivity (Wildman–Crippen MR) is 404 cm³/mol. The van der Waals surface area contributed by atoms with Crippen LogP contribution in [-0.2, 0) is 35.1 Å². The summed E-state index contributed by atoms with van der Waals surface area (Å²) >= 11 is 0. The highest BCUT2D eigenvalue weighted by Gasteiger charge is 2.23. The molecule has 0 aromatic heterocycles. The Morgan fingerprint density at radius 3 is 1.00 bits per heavy atom. The Balaban J connectivity index is 1.20. The number of benzene rings is 4. The highest BCUT2D eigenvalue weighted by molar-refractivity contribution is 6.67. The first-order valence-electron chi connectivity index (χ1n) is 38.3. The summed E-state index contributed by atoms with van der Waals surface area (Å²) in [6.07, 6.45) is 50.9. The van der Waals surface area contributed by atoms with E-state index in [0.717, 1.165) is 68.8 Å². The van der Waals surface area contributed by atoms with Gasteiger partial charge in [0.05, 0.1) is 35.7 Å². The van der Waals surface area contributed by atoms with Crippen molar-refractivity contribution < 1.29 is 38.2 Å². The third kappa shape index (κ3) is 37.0. The number of hydrogen-bond donors (Lipinski definition) is 4. The molecule has 0 spiro atoms. The number of nitrogens with zero attached hydrogens (tertiary/aromatic N) is 2. The van der Waals surface area contributed by atoms with E-state index in [1.165, 1.54) is 231 Å². The van der Waals surface area contributed by atoms with E-state index < -0.39 is 35.3 Å². The number of Topliss-reactive ketones (excluding diaryl/α,β-unsaturated/α-hetero) is 2. The second-order valence-corrected chi connectivity index (χ2v) is 27.2. The van der Waals surface area contributed by atoms with Crippen LogP contribution in [0, 0.1) is 18.8 Å². The quantitative estimate of drug-likeness (QED) is 0.0109. The lowest BCUT2D eigenvalue weighted by atomic mass is 9.78. The molecule has 4 aromatic rings. The Morgan fingerprint density at radius 2 is 0.660 bits per heavy atom. The molecule has 97 heavy (non-hydrogen) atoms. The van der Waals surface area contributed by atoms with Gasteiger partial charge in [-0.1, -0.05) is 312 Å². The molecule has 0 heterocycles. The van der Waals surface area contributed by atoms with E-state index >= 15 is 0 Å². The van der Waals surface area contributed by atoms with Crippen molar-refractivity contribution >= 4 is 69.5 Å². The Bertz CT molecular complexity index is 2890. The lowest BCUT2D eigenvalue weighted by Crippen LogP contribution is -2.29. The molecule has 14 heteroatoms. The second kappa shape index (κ2) is 53.1. The summed E-state index contributed by atoms with van der Waals surface area (Å²) in [6.45, 7) is 12.0. The van der Waals surface area contributed by atoms with Gasteiger partial charge in [-0.3, -0.25) is 30.0 Å². The summed E-state index contributed by atoms with van der Waals surface area (Å²) in [4.78, 5) is 78.1. The van der Waals surface area contributed by atoms with Gasteiger partial charge in [-0.05, 0) is 98.5 Å². The normalized spacial score (nSPS) is 12.2. The largest absolute Gasteiger partial charge is 0.462 e. The van der Waals surface area contributed by atoms with Gasteiger partial charge in [0.15, 0.2) is 23.0 Å². The summed E-state index contributed by atoms with van der Waals surface area (Å²) in [5.74, 6) is -1.73. The number of carbonyl (C=O) groups is 6. The SMILES string of the molecule is CCCCCCCCCCCCc1ccc(NC(=O)/C(=N\Nc2ccccc2C(=O)OCCCCCCCCC(CCCCCCCCC)C(CCCCCCCCC)CCCCCCCCOC(=O)c2ccccc2N/N=C(/C(C)=O)C(=O)Nc2ccc(C)cc2)C(C)=O)cc1. The van der Waals surface area contributed by atoms with Gasteiger partial charge in [0, 0.05) is 25.2 Å². The van der Waals surface area contributed by atoms with Crippen LogP contribution >= 0.6 is 0 Å². The number of anilines is 4. The smallest absolute Gasteiger partial charge is 0.340 e. The zero-order valence-electron chi connectivity index (χ0n) is 61.0. The van der Waals surface area contributed by atoms with Crippen molar-refractivity contribution in [3.05, 3.63) is 119 Å². The van der Waals surface area contributed by atoms with Crippen LogP contribution in [0.25, 0.3) is 0 Å². The van der Waals surface area contributed by atoms with Crippen LogP contribution in [0.5, 0.6) is 0 Å².